The van der Waals surface area contributed by atoms with Crippen molar-refractivity contribution in [3.8, 4) is 11.6 Å². The fourth-order valence-corrected chi connectivity index (χ4v) is 4.25. The van der Waals surface area contributed by atoms with Gasteiger partial charge in [0.25, 0.3) is 0 Å². The molecule has 0 atom stereocenters. The lowest BCUT2D eigenvalue weighted by atomic mass is 10.2. The number of nitrogens with one attached hydrogen (secondary N) is 1. The number of benzene rings is 1. The smallest absolute Gasteiger partial charge is 0.231 e. The third-order valence-electron chi connectivity index (χ3n) is 4.68. The van der Waals surface area contributed by atoms with Crippen molar-refractivity contribution in [3.63, 3.8) is 0 Å². The SMILES string of the molecule is Cc1sc2nc(C[NH+]3CCOCC3)nc(Oc3ccc(Cl)cc3)c2c1C. The van der Waals surface area contributed by atoms with E-state index in [2.05, 4.69) is 13.8 Å². The second-order valence-corrected chi connectivity index (χ2v) is 8.14. The van der Waals surface area contributed by atoms with Crippen molar-refractivity contribution < 1.29 is 14.4 Å². The van der Waals surface area contributed by atoms with Crippen LogP contribution in [0, 0.1) is 13.8 Å². The Bertz CT molecular complexity index is 921. The molecule has 3 heterocycles. The van der Waals surface area contributed by atoms with E-state index in [-0.39, 0.29) is 0 Å². The topological polar surface area (TPSA) is 48.7 Å². The van der Waals surface area contributed by atoms with Crippen LogP contribution in [0.4, 0.5) is 0 Å². The highest BCUT2D eigenvalue weighted by Gasteiger charge is 2.20. The predicted octanol–water partition coefficient (Wildman–Crippen LogP) is 3.17. The van der Waals surface area contributed by atoms with Crippen LogP contribution >= 0.6 is 22.9 Å². The number of nitrogens with zero attached hydrogens (tertiary/aromatic N) is 2. The Balaban J connectivity index is 1.71. The Hall–Kier alpha value is -1.73. The van der Waals surface area contributed by atoms with Crippen molar-refractivity contribution in [1.29, 1.82) is 0 Å². The number of aryl methyl sites for hydroxylation is 2. The highest BCUT2D eigenvalue weighted by molar-refractivity contribution is 7.18. The summed E-state index contributed by atoms with van der Waals surface area (Å²) in [5, 5.41) is 1.69. The van der Waals surface area contributed by atoms with Gasteiger partial charge in [-0.2, -0.15) is 4.98 Å². The molecule has 4 rings (SSSR count). The first-order valence-corrected chi connectivity index (χ1v) is 9.91. The fourth-order valence-electron chi connectivity index (χ4n) is 3.08. The van der Waals surface area contributed by atoms with Crippen LogP contribution in [0.25, 0.3) is 10.2 Å². The van der Waals surface area contributed by atoms with Crippen molar-refractivity contribution >= 4 is 33.2 Å². The van der Waals surface area contributed by atoms with Crippen molar-refractivity contribution in [2.24, 2.45) is 0 Å². The maximum Gasteiger partial charge on any atom is 0.231 e. The maximum absolute atomic E-state index is 6.13. The lowest BCUT2D eigenvalue weighted by Gasteiger charge is -2.23. The quantitative estimate of drug-likeness (QED) is 0.743. The second-order valence-electron chi connectivity index (χ2n) is 6.50. The van der Waals surface area contributed by atoms with Gasteiger partial charge in [0.15, 0.2) is 5.82 Å². The summed E-state index contributed by atoms with van der Waals surface area (Å²) in [6.45, 7) is 8.55. The van der Waals surface area contributed by atoms with Crippen LogP contribution in [0.2, 0.25) is 5.02 Å². The standard InChI is InChI=1S/C19H20ClN3O2S/c1-12-13(2)26-19-17(12)18(25-15-5-3-14(20)4-6-15)21-16(22-19)11-23-7-9-24-10-8-23/h3-6H,7-11H2,1-2H3/p+1. The van der Waals surface area contributed by atoms with Gasteiger partial charge in [-0.1, -0.05) is 11.6 Å². The number of morpholine rings is 1. The van der Waals surface area contributed by atoms with E-state index < -0.39 is 0 Å². The van der Waals surface area contributed by atoms with E-state index >= 15 is 0 Å². The third-order valence-corrected chi connectivity index (χ3v) is 6.03. The van der Waals surface area contributed by atoms with Gasteiger partial charge in [-0.25, -0.2) is 4.98 Å². The minimum absolute atomic E-state index is 0.627. The molecule has 0 amide bonds. The van der Waals surface area contributed by atoms with Crippen LogP contribution in [0.15, 0.2) is 24.3 Å². The minimum Gasteiger partial charge on any atom is -0.438 e. The van der Waals surface area contributed by atoms with Gasteiger partial charge in [0.1, 0.15) is 30.2 Å². The van der Waals surface area contributed by atoms with E-state index in [0.717, 1.165) is 54.6 Å². The molecule has 0 spiro atoms. The lowest BCUT2D eigenvalue weighted by Crippen LogP contribution is -3.12. The zero-order valence-corrected chi connectivity index (χ0v) is 16.4. The van der Waals surface area contributed by atoms with E-state index in [9.17, 15) is 0 Å². The van der Waals surface area contributed by atoms with Gasteiger partial charge >= 0.3 is 0 Å². The van der Waals surface area contributed by atoms with E-state index in [4.69, 9.17) is 31.0 Å². The molecule has 0 unspecified atom stereocenters. The number of quaternary nitrogens is 1. The number of ether oxygens (including phenoxy) is 2. The Morgan fingerprint density at radius 2 is 1.88 bits per heavy atom. The summed E-state index contributed by atoms with van der Waals surface area (Å²) < 4.78 is 11.6. The molecule has 26 heavy (non-hydrogen) atoms. The number of thiophene rings is 1. The molecule has 0 bridgehead atoms. The maximum atomic E-state index is 6.13. The number of rotatable bonds is 4. The lowest BCUT2D eigenvalue weighted by molar-refractivity contribution is -0.922. The molecule has 5 nitrogen and oxygen atoms in total. The van der Waals surface area contributed by atoms with Gasteiger partial charge in [-0.15, -0.1) is 11.3 Å². The van der Waals surface area contributed by atoms with Gasteiger partial charge in [0, 0.05) is 9.90 Å². The first-order chi connectivity index (χ1) is 12.6. The van der Waals surface area contributed by atoms with Crippen molar-refractivity contribution in [2.45, 2.75) is 20.4 Å². The van der Waals surface area contributed by atoms with Crippen LogP contribution in [0.3, 0.4) is 0 Å². The molecule has 0 aliphatic carbocycles. The van der Waals surface area contributed by atoms with Crippen LogP contribution in [0.5, 0.6) is 11.6 Å². The van der Waals surface area contributed by atoms with Gasteiger partial charge in [0.05, 0.1) is 18.6 Å². The van der Waals surface area contributed by atoms with Gasteiger partial charge < -0.3 is 14.4 Å². The van der Waals surface area contributed by atoms with E-state index in [1.165, 1.54) is 15.3 Å². The van der Waals surface area contributed by atoms with Crippen molar-refractivity contribution in [3.05, 3.63) is 45.6 Å². The molecule has 1 N–H and O–H groups in total. The van der Waals surface area contributed by atoms with Crippen LogP contribution in [-0.4, -0.2) is 36.3 Å². The zero-order valence-electron chi connectivity index (χ0n) is 14.8. The molecular weight excluding hydrogens is 370 g/mol. The molecule has 1 aliphatic rings. The molecule has 1 fully saturated rings. The normalized spacial score (nSPS) is 15.5. The summed E-state index contributed by atoms with van der Waals surface area (Å²) >= 11 is 7.68. The minimum atomic E-state index is 0.627. The van der Waals surface area contributed by atoms with Crippen LogP contribution in [0.1, 0.15) is 16.3 Å². The van der Waals surface area contributed by atoms with Gasteiger partial charge in [-0.05, 0) is 43.7 Å². The van der Waals surface area contributed by atoms with E-state index in [1.807, 2.05) is 24.3 Å². The number of aromatic nitrogens is 2. The highest BCUT2D eigenvalue weighted by atomic mass is 35.5. The molecule has 0 radical (unpaired) electrons. The monoisotopic (exact) mass is 390 g/mol. The third kappa shape index (κ3) is 3.69. The Morgan fingerprint density at radius 1 is 1.15 bits per heavy atom. The molecule has 1 saturated heterocycles. The fraction of sp³-hybridized carbons (Fsp3) is 0.368. The van der Waals surface area contributed by atoms with Crippen LogP contribution in [-0.2, 0) is 11.3 Å². The van der Waals surface area contributed by atoms with Gasteiger partial charge in [0.2, 0.25) is 5.88 Å². The van der Waals surface area contributed by atoms with Crippen LogP contribution < -0.4 is 9.64 Å². The first kappa shape index (κ1) is 17.7. The number of halogens is 1. The van der Waals surface area contributed by atoms with Crippen molar-refractivity contribution in [1.82, 2.24) is 9.97 Å². The summed E-state index contributed by atoms with van der Waals surface area (Å²) in [7, 11) is 0. The summed E-state index contributed by atoms with van der Waals surface area (Å²) in [5.41, 5.74) is 1.18. The highest BCUT2D eigenvalue weighted by Crippen LogP contribution is 2.36. The summed E-state index contributed by atoms with van der Waals surface area (Å²) in [4.78, 5) is 13.2. The predicted molar refractivity (Wildman–Crippen MR) is 104 cm³/mol. The first-order valence-electron chi connectivity index (χ1n) is 8.71. The molecule has 1 aliphatic heterocycles. The average Bonchev–Trinajstić information content (AvgIpc) is 2.92. The average molecular weight is 391 g/mol. The van der Waals surface area contributed by atoms with E-state index in [0.29, 0.717) is 10.9 Å². The number of hydrogen-bond acceptors (Lipinski definition) is 5. The molecule has 3 aromatic rings. The van der Waals surface area contributed by atoms with Crippen molar-refractivity contribution in [2.75, 3.05) is 26.3 Å². The zero-order chi connectivity index (χ0) is 18.1. The molecule has 1 aromatic carbocycles. The molecule has 7 heteroatoms. The largest absolute Gasteiger partial charge is 0.438 e. The summed E-state index contributed by atoms with van der Waals surface area (Å²) in [6.07, 6.45) is 0. The Kier molecular flexibility index (Phi) is 5.09. The Morgan fingerprint density at radius 3 is 2.62 bits per heavy atom. The summed E-state index contributed by atoms with van der Waals surface area (Å²) in [5.74, 6) is 2.17. The molecule has 0 saturated carbocycles. The Labute approximate surface area is 161 Å². The number of hydrogen-bond donors (Lipinski definition) is 1. The molecular formula is C19H21ClN3O2S+. The molecule has 2 aromatic heterocycles. The molecule has 136 valence electrons. The second kappa shape index (κ2) is 7.48. The summed E-state index contributed by atoms with van der Waals surface area (Å²) in [6, 6.07) is 7.36. The van der Waals surface area contributed by atoms with Gasteiger partial charge in [-0.3, -0.25) is 0 Å². The number of fused-ring (bicyclic) bond motifs is 1. The van der Waals surface area contributed by atoms with E-state index in [1.54, 1.807) is 11.3 Å².